The van der Waals surface area contributed by atoms with Crippen LogP contribution in [0.2, 0.25) is 0 Å². The molecule has 2 aromatic carbocycles. The van der Waals surface area contributed by atoms with Gasteiger partial charge in [0.05, 0.1) is 0 Å². The third-order valence-corrected chi connectivity index (χ3v) is 2.57. The predicted octanol–water partition coefficient (Wildman–Crippen LogP) is 4.54. The van der Waals surface area contributed by atoms with Crippen LogP contribution in [-0.2, 0) is 6.42 Å². The lowest BCUT2D eigenvalue weighted by Crippen LogP contribution is -1.92. The lowest BCUT2D eigenvalue weighted by atomic mass is 9.99. The standard InChI is InChI=1S/C15H12F2/c16-15(17)14(13-9-5-2-6-10-13)11-12-7-3-1-4-8-12/h1-10H,11H2. The van der Waals surface area contributed by atoms with E-state index in [9.17, 15) is 8.78 Å². The van der Waals surface area contributed by atoms with Crippen LogP contribution >= 0.6 is 0 Å². The largest absolute Gasteiger partial charge is 0.274 e. The summed E-state index contributed by atoms with van der Waals surface area (Å²) in [5, 5.41) is 0. The Bertz CT molecular complexity index is 497. The van der Waals surface area contributed by atoms with E-state index >= 15 is 0 Å². The molecule has 2 heteroatoms. The molecular formula is C15H12F2. The van der Waals surface area contributed by atoms with E-state index in [1.54, 1.807) is 24.3 Å². The minimum absolute atomic E-state index is 0.0943. The van der Waals surface area contributed by atoms with Crippen molar-refractivity contribution in [1.29, 1.82) is 0 Å². The Morgan fingerprint density at radius 3 is 1.82 bits per heavy atom. The Hall–Kier alpha value is -1.96. The van der Waals surface area contributed by atoms with Crippen molar-refractivity contribution in [3.63, 3.8) is 0 Å². The molecule has 0 amide bonds. The van der Waals surface area contributed by atoms with E-state index < -0.39 is 6.08 Å². The van der Waals surface area contributed by atoms with E-state index in [2.05, 4.69) is 0 Å². The van der Waals surface area contributed by atoms with Crippen LogP contribution in [-0.4, -0.2) is 0 Å². The number of allylic oxidation sites excluding steroid dienone is 1. The lowest BCUT2D eigenvalue weighted by molar-refractivity contribution is 0.424. The first-order valence-corrected chi connectivity index (χ1v) is 5.41. The molecule has 0 fully saturated rings. The number of hydrogen-bond donors (Lipinski definition) is 0. The Kier molecular flexibility index (Phi) is 3.66. The van der Waals surface area contributed by atoms with E-state index in [1.165, 1.54) is 0 Å². The molecule has 0 N–H and O–H groups in total. The second kappa shape index (κ2) is 5.39. The molecule has 0 radical (unpaired) electrons. The first-order valence-electron chi connectivity index (χ1n) is 5.41. The second-order valence-electron chi connectivity index (χ2n) is 3.77. The lowest BCUT2D eigenvalue weighted by Gasteiger charge is -2.06. The summed E-state index contributed by atoms with van der Waals surface area (Å²) in [5.41, 5.74) is 1.56. The van der Waals surface area contributed by atoms with Gasteiger partial charge in [0.1, 0.15) is 0 Å². The van der Waals surface area contributed by atoms with E-state index in [0.717, 1.165) is 5.56 Å². The molecule has 0 unspecified atom stereocenters. The molecule has 2 aromatic rings. The molecule has 0 bridgehead atoms. The van der Waals surface area contributed by atoms with Gasteiger partial charge in [-0.2, -0.15) is 8.78 Å². The van der Waals surface area contributed by atoms with Crippen molar-refractivity contribution in [1.82, 2.24) is 0 Å². The molecule has 86 valence electrons. The molecule has 0 aromatic heterocycles. The summed E-state index contributed by atoms with van der Waals surface area (Å²) in [6.45, 7) is 0. The number of rotatable bonds is 3. The highest BCUT2D eigenvalue weighted by molar-refractivity contribution is 5.68. The average Bonchev–Trinajstić information content (AvgIpc) is 2.38. The van der Waals surface area contributed by atoms with Gasteiger partial charge in [-0.25, -0.2) is 0 Å². The van der Waals surface area contributed by atoms with Crippen molar-refractivity contribution < 1.29 is 8.78 Å². The quantitative estimate of drug-likeness (QED) is 0.726. The van der Waals surface area contributed by atoms with Crippen molar-refractivity contribution in [2.75, 3.05) is 0 Å². The van der Waals surface area contributed by atoms with Gasteiger partial charge >= 0.3 is 0 Å². The van der Waals surface area contributed by atoms with E-state index in [1.807, 2.05) is 36.4 Å². The Morgan fingerprint density at radius 2 is 1.29 bits per heavy atom. The van der Waals surface area contributed by atoms with E-state index in [4.69, 9.17) is 0 Å². The van der Waals surface area contributed by atoms with Crippen LogP contribution in [0.25, 0.3) is 5.57 Å². The van der Waals surface area contributed by atoms with Crippen LogP contribution in [0.1, 0.15) is 11.1 Å². The zero-order chi connectivity index (χ0) is 12.1. The maximum Gasteiger partial charge on any atom is 0.274 e. The van der Waals surface area contributed by atoms with Crippen LogP contribution in [0.5, 0.6) is 0 Å². The summed E-state index contributed by atoms with van der Waals surface area (Å²) >= 11 is 0. The van der Waals surface area contributed by atoms with Gasteiger partial charge in [0.2, 0.25) is 0 Å². The Labute approximate surface area is 99.2 Å². The van der Waals surface area contributed by atoms with Gasteiger partial charge in [-0.3, -0.25) is 0 Å². The SMILES string of the molecule is FC(F)=C(Cc1ccccc1)c1ccccc1. The van der Waals surface area contributed by atoms with Crippen molar-refractivity contribution >= 4 is 5.57 Å². The summed E-state index contributed by atoms with van der Waals surface area (Å²) < 4.78 is 25.9. The molecule has 0 nitrogen and oxygen atoms in total. The van der Waals surface area contributed by atoms with Crippen LogP contribution in [0.15, 0.2) is 66.7 Å². The fraction of sp³-hybridized carbons (Fsp3) is 0.0667. The minimum Gasteiger partial charge on any atom is -0.173 e. The first-order chi connectivity index (χ1) is 8.27. The van der Waals surface area contributed by atoms with Gasteiger partial charge in [-0.1, -0.05) is 60.7 Å². The summed E-state index contributed by atoms with van der Waals surface area (Å²) in [5.74, 6) is 0. The molecule has 17 heavy (non-hydrogen) atoms. The predicted molar refractivity (Wildman–Crippen MR) is 65.7 cm³/mol. The zero-order valence-corrected chi connectivity index (χ0v) is 9.24. The summed E-state index contributed by atoms with van der Waals surface area (Å²) in [7, 11) is 0. The van der Waals surface area contributed by atoms with Crippen LogP contribution in [0.4, 0.5) is 8.78 Å². The molecule has 2 rings (SSSR count). The number of hydrogen-bond acceptors (Lipinski definition) is 0. The summed E-state index contributed by atoms with van der Waals surface area (Å²) in [4.78, 5) is 0. The van der Waals surface area contributed by atoms with Gasteiger partial charge < -0.3 is 0 Å². The molecular weight excluding hydrogens is 218 g/mol. The van der Waals surface area contributed by atoms with Gasteiger partial charge in [0, 0.05) is 12.0 Å². The second-order valence-corrected chi connectivity index (χ2v) is 3.77. The highest BCUT2D eigenvalue weighted by Gasteiger charge is 2.09. The molecule has 0 saturated heterocycles. The molecule has 0 atom stereocenters. The third kappa shape index (κ3) is 3.00. The fourth-order valence-electron chi connectivity index (χ4n) is 1.72. The minimum atomic E-state index is -1.61. The molecule has 0 aliphatic rings. The Balaban J connectivity index is 2.31. The van der Waals surface area contributed by atoms with Crippen molar-refractivity contribution in [2.24, 2.45) is 0 Å². The highest BCUT2D eigenvalue weighted by atomic mass is 19.3. The number of benzene rings is 2. The molecule has 0 aliphatic carbocycles. The van der Waals surface area contributed by atoms with Crippen molar-refractivity contribution in [3.8, 4) is 0 Å². The van der Waals surface area contributed by atoms with E-state index in [0.29, 0.717) is 5.56 Å². The van der Waals surface area contributed by atoms with Crippen molar-refractivity contribution in [3.05, 3.63) is 77.9 Å². The number of halogens is 2. The van der Waals surface area contributed by atoms with Crippen molar-refractivity contribution in [2.45, 2.75) is 6.42 Å². The van der Waals surface area contributed by atoms with Gasteiger partial charge in [-0.05, 0) is 11.1 Å². The van der Waals surface area contributed by atoms with Gasteiger partial charge in [0.15, 0.2) is 0 Å². The van der Waals surface area contributed by atoms with Crippen LogP contribution < -0.4 is 0 Å². The summed E-state index contributed by atoms with van der Waals surface area (Å²) in [6.07, 6.45) is -1.35. The third-order valence-electron chi connectivity index (χ3n) is 2.57. The average molecular weight is 230 g/mol. The molecule has 0 spiro atoms. The Morgan fingerprint density at radius 1 is 0.765 bits per heavy atom. The first kappa shape index (κ1) is 11.5. The monoisotopic (exact) mass is 230 g/mol. The summed E-state index contributed by atoms with van der Waals surface area (Å²) in [6, 6.07) is 18.1. The topological polar surface area (TPSA) is 0 Å². The van der Waals surface area contributed by atoms with Gasteiger partial charge in [-0.15, -0.1) is 0 Å². The molecule has 0 heterocycles. The normalized spacial score (nSPS) is 10.0. The molecule has 0 aliphatic heterocycles. The van der Waals surface area contributed by atoms with Gasteiger partial charge in [0.25, 0.3) is 6.08 Å². The maximum atomic E-state index is 13.0. The zero-order valence-electron chi connectivity index (χ0n) is 9.24. The maximum absolute atomic E-state index is 13.0. The smallest absolute Gasteiger partial charge is 0.173 e. The van der Waals surface area contributed by atoms with Crippen LogP contribution in [0.3, 0.4) is 0 Å². The fourth-order valence-corrected chi connectivity index (χ4v) is 1.72. The molecule has 0 saturated carbocycles. The van der Waals surface area contributed by atoms with Crippen LogP contribution in [0, 0.1) is 0 Å². The highest BCUT2D eigenvalue weighted by Crippen LogP contribution is 2.24. The van der Waals surface area contributed by atoms with E-state index in [-0.39, 0.29) is 12.0 Å².